The van der Waals surface area contributed by atoms with Gasteiger partial charge in [0.2, 0.25) is 0 Å². The highest BCUT2D eigenvalue weighted by molar-refractivity contribution is 6.31. The van der Waals surface area contributed by atoms with Crippen molar-refractivity contribution >= 4 is 29.2 Å². The molecule has 0 saturated heterocycles. The van der Waals surface area contributed by atoms with Crippen LogP contribution in [0.1, 0.15) is 42.0 Å². The number of aryl methyl sites for hydroxylation is 3. The van der Waals surface area contributed by atoms with E-state index in [2.05, 4.69) is 5.32 Å². The summed E-state index contributed by atoms with van der Waals surface area (Å²) < 4.78 is 10.6. The molecule has 0 atom stereocenters. The number of halogens is 1. The zero-order chi connectivity index (χ0) is 20.8. The van der Waals surface area contributed by atoms with Gasteiger partial charge < -0.3 is 14.8 Å². The van der Waals surface area contributed by atoms with E-state index in [9.17, 15) is 9.59 Å². The Kier molecular flexibility index (Phi) is 7.46. The van der Waals surface area contributed by atoms with E-state index in [0.29, 0.717) is 10.8 Å². The summed E-state index contributed by atoms with van der Waals surface area (Å²) in [5.74, 6) is -0.226. The molecule has 150 valence electrons. The highest BCUT2D eigenvalue weighted by atomic mass is 35.5. The van der Waals surface area contributed by atoms with Gasteiger partial charge in [-0.05, 0) is 61.1 Å². The molecule has 0 aliphatic carbocycles. The SMILES string of the molecule is Cc1cc(OCC(=O)OCC(=O)Nc2c(C)cccc2C)c(C(C)C)cc1Cl. The third kappa shape index (κ3) is 5.73. The fourth-order valence-corrected chi connectivity index (χ4v) is 2.93. The monoisotopic (exact) mass is 403 g/mol. The first-order valence-corrected chi connectivity index (χ1v) is 9.51. The minimum absolute atomic E-state index is 0.187. The van der Waals surface area contributed by atoms with Gasteiger partial charge in [0.15, 0.2) is 13.2 Å². The van der Waals surface area contributed by atoms with Gasteiger partial charge in [0.05, 0.1) is 0 Å². The van der Waals surface area contributed by atoms with E-state index < -0.39 is 11.9 Å². The molecule has 0 aliphatic heterocycles. The van der Waals surface area contributed by atoms with Crippen molar-refractivity contribution in [1.82, 2.24) is 0 Å². The summed E-state index contributed by atoms with van der Waals surface area (Å²) in [4.78, 5) is 24.1. The minimum atomic E-state index is -0.612. The van der Waals surface area contributed by atoms with Crippen LogP contribution in [0.15, 0.2) is 30.3 Å². The Bertz CT molecular complexity index is 857. The topological polar surface area (TPSA) is 64.6 Å². The van der Waals surface area contributed by atoms with Crippen molar-refractivity contribution in [3.63, 3.8) is 0 Å². The molecule has 0 aromatic heterocycles. The third-order valence-corrected chi connectivity index (χ3v) is 4.78. The smallest absolute Gasteiger partial charge is 0.344 e. The zero-order valence-corrected chi connectivity index (χ0v) is 17.6. The van der Waals surface area contributed by atoms with Crippen LogP contribution in [0, 0.1) is 20.8 Å². The average Bonchev–Trinajstić information content (AvgIpc) is 2.63. The maximum Gasteiger partial charge on any atom is 0.344 e. The molecule has 0 saturated carbocycles. The number of rotatable bonds is 7. The lowest BCUT2D eigenvalue weighted by molar-refractivity contribution is -0.149. The van der Waals surface area contributed by atoms with E-state index in [1.54, 1.807) is 6.07 Å². The predicted molar refractivity (Wildman–Crippen MR) is 111 cm³/mol. The second-order valence-electron chi connectivity index (χ2n) is 7.06. The van der Waals surface area contributed by atoms with Gasteiger partial charge in [-0.2, -0.15) is 0 Å². The Morgan fingerprint density at radius 3 is 2.29 bits per heavy atom. The molecule has 6 heteroatoms. The lowest BCUT2D eigenvalue weighted by Gasteiger charge is -2.16. The predicted octanol–water partition coefficient (Wildman–Crippen LogP) is 4.95. The van der Waals surface area contributed by atoms with E-state index >= 15 is 0 Å². The molecular formula is C22H26ClNO4. The van der Waals surface area contributed by atoms with E-state index in [0.717, 1.165) is 27.9 Å². The van der Waals surface area contributed by atoms with E-state index in [1.807, 2.05) is 58.9 Å². The molecule has 0 aliphatic rings. The molecule has 28 heavy (non-hydrogen) atoms. The molecule has 0 radical (unpaired) electrons. The number of amides is 1. The normalized spacial score (nSPS) is 10.7. The van der Waals surface area contributed by atoms with Crippen LogP contribution in [-0.4, -0.2) is 25.1 Å². The van der Waals surface area contributed by atoms with E-state index in [-0.39, 0.29) is 19.1 Å². The van der Waals surface area contributed by atoms with Crippen molar-refractivity contribution < 1.29 is 19.1 Å². The van der Waals surface area contributed by atoms with Gasteiger partial charge in [-0.1, -0.05) is 43.6 Å². The van der Waals surface area contributed by atoms with Crippen LogP contribution in [0.25, 0.3) is 0 Å². The molecule has 0 spiro atoms. The van der Waals surface area contributed by atoms with Crippen LogP contribution in [-0.2, 0) is 14.3 Å². The number of para-hydroxylation sites is 1. The summed E-state index contributed by atoms with van der Waals surface area (Å²) >= 11 is 6.17. The molecule has 5 nitrogen and oxygen atoms in total. The first-order chi connectivity index (χ1) is 13.2. The van der Waals surface area contributed by atoms with Crippen LogP contribution >= 0.6 is 11.6 Å². The molecule has 1 N–H and O–H groups in total. The Balaban J connectivity index is 1.90. The zero-order valence-electron chi connectivity index (χ0n) is 16.9. The molecule has 2 aromatic carbocycles. The molecular weight excluding hydrogens is 378 g/mol. The lowest BCUT2D eigenvalue weighted by Crippen LogP contribution is -2.24. The number of hydrogen-bond acceptors (Lipinski definition) is 4. The van der Waals surface area contributed by atoms with Crippen molar-refractivity contribution in [3.8, 4) is 5.75 Å². The summed E-state index contributed by atoms with van der Waals surface area (Å²) in [5, 5.41) is 3.43. The minimum Gasteiger partial charge on any atom is -0.482 e. The number of benzene rings is 2. The summed E-state index contributed by atoms with van der Waals surface area (Å²) in [6, 6.07) is 9.38. The quantitative estimate of drug-likeness (QED) is 0.664. The van der Waals surface area contributed by atoms with Crippen LogP contribution in [0.5, 0.6) is 5.75 Å². The fourth-order valence-electron chi connectivity index (χ4n) is 2.76. The van der Waals surface area contributed by atoms with Gasteiger partial charge in [-0.3, -0.25) is 4.79 Å². The number of esters is 1. The van der Waals surface area contributed by atoms with Crippen molar-refractivity contribution in [3.05, 3.63) is 57.6 Å². The van der Waals surface area contributed by atoms with Crippen molar-refractivity contribution in [1.29, 1.82) is 0 Å². The number of anilines is 1. The van der Waals surface area contributed by atoms with Crippen LogP contribution < -0.4 is 10.1 Å². The highest BCUT2D eigenvalue weighted by Gasteiger charge is 2.14. The molecule has 2 aromatic rings. The van der Waals surface area contributed by atoms with Gasteiger partial charge in [0.25, 0.3) is 5.91 Å². The highest BCUT2D eigenvalue weighted by Crippen LogP contribution is 2.32. The van der Waals surface area contributed by atoms with Crippen molar-refractivity contribution in [2.45, 2.75) is 40.5 Å². The van der Waals surface area contributed by atoms with Crippen LogP contribution in [0.4, 0.5) is 5.69 Å². The van der Waals surface area contributed by atoms with Gasteiger partial charge in [-0.25, -0.2) is 4.79 Å². The van der Waals surface area contributed by atoms with Gasteiger partial charge >= 0.3 is 5.97 Å². The maximum absolute atomic E-state index is 12.1. The standard InChI is InChI=1S/C22H26ClNO4/c1-13(2)17-10-18(23)16(5)9-19(17)27-12-21(26)28-11-20(25)24-22-14(3)7-6-8-15(22)4/h6-10,13H,11-12H2,1-5H3,(H,24,25). The Morgan fingerprint density at radius 2 is 1.68 bits per heavy atom. The van der Waals surface area contributed by atoms with Crippen LogP contribution in [0.3, 0.4) is 0 Å². The Labute approximate surface area is 171 Å². The molecule has 0 heterocycles. The number of nitrogens with one attached hydrogen (secondary N) is 1. The van der Waals surface area contributed by atoms with E-state index in [1.165, 1.54) is 0 Å². The second kappa shape index (κ2) is 9.60. The molecule has 0 fully saturated rings. The summed E-state index contributed by atoms with van der Waals surface area (Å²) in [7, 11) is 0. The fraction of sp³-hybridized carbons (Fsp3) is 0.364. The van der Waals surface area contributed by atoms with Crippen molar-refractivity contribution in [2.24, 2.45) is 0 Å². The third-order valence-electron chi connectivity index (χ3n) is 4.37. The van der Waals surface area contributed by atoms with Crippen LogP contribution in [0.2, 0.25) is 5.02 Å². The second-order valence-corrected chi connectivity index (χ2v) is 7.47. The molecule has 2 rings (SSSR count). The van der Waals surface area contributed by atoms with Gasteiger partial charge in [0, 0.05) is 10.7 Å². The molecule has 0 unspecified atom stereocenters. The largest absolute Gasteiger partial charge is 0.482 e. The molecule has 1 amide bonds. The first kappa shape index (κ1) is 21.8. The number of carbonyl (C=O) groups is 2. The van der Waals surface area contributed by atoms with Crippen molar-refractivity contribution in [2.75, 3.05) is 18.5 Å². The molecule has 0 bridgehead atoms. The summed E-state index contributed by atoms with van der Waals surface area (Å²) in [5.41, 5.74) is 4.40. The Hall–Kier alpha value is -2.53. The summed E-state index contributed by atoms with van der Waals surface area (Å²) in [6.45, 7) is 9.07. The van der Waals surface area contributed by atoms with E-state index in [4.69, 9.17) is 21.1 Å². The average molecular weight is 404 g/mol. The van der Waals surface area contributed by atoms with Gasteiger partial charge in [0.1, 0.15) is 5.75 Å². The summed E-state index contributed by atoms with van der Waals surface area (Å²) in [6.07, 6.45) is 0. The Morgan fingerprint density at radius 1 is 1.04 bits per heavy atom. The number of hydrogen-bond donors (Lipinski definition) is 1. The number of carbonyl (C=O) groups excluding carboxylic acids is 2. The first-order valence-electron chi connectivity index (χ1n) is 9.13. The maximum atomic E-state index is 12.1. The lowest BCUT2D eigenvalue weighted by atomic mass is 10.0. The van der Waals surface area contributed by atoms with Gasteiger partial charge in [-0.15, -0.1) is 0 Å². The number of ether oxygens (including phenoxy) is 2.